The van der Waals surface area contributed by atoms with Gasteiger partial charge in [0.25, 0.3) is 0 Å². The normalized spacial score (nSPS) is 10.3. The van der Waals surface area contributed by atoms with Crippen LogP contribution in [0.25, 0.3) is 0 Å². The second-order valence-electron chi connectivity index (χ2n) is 4.32. The minimum absolute atomic E-state index is 0.168. The second-order valence-corrected chi connectivity index (χ2v) is 5.23. The first-order valence-corrected chi connectivity index (χ1v) is 7.08. The molecule has 2 N–H and O–H groups in total. The Kier molecular flexibility index (Phi) is 4.74. The van der Waals surface area contributed by atoms with Crippen LogP contribution in [-0.2, 0) is 0 Å². The van der Waals surface area contributed by atoms with Crippen LogP contribution < -0.4 is 10.5 Å². The number of carbonyl (C=O) groups is 1. The first-order valence-electron chi connectivity index (χ1n) is 6.29. The van der Waals surface area contributed by atoms with Crippen LogP contribution in [0.2, 0.25) is 0 Å². The number of benzene rings is 1. The summed E-state index contributed by atoms with van der Waals surface area (Å²) in [6.07, 6.45) is 4.01. The Hall–Kier alpha value is -1.88. The van der Waals surface area contributed by atoms with E-state index in [1.54, 1.807) is 30.5 Å². The fourth-order valence-corrected chi connectivity index (χ4v) is 2.08. The number of nitrogens with two attached hydrogens (primary N) is 1. The lowest BCUT2D eigenvalue weighted by atomic mass is 10.0. The van der Waals surface area contributed by atoms with Crippen molar-refractivity contribution >= 4 is 27.4 Å². The number of rotatable bonds is 5. The molecular weight excluding hydrogens is 320 g/mol. The summed E-state index contributed by atoms with van der Waals surface area (Å²) in [6.45, 7) is 2.61. The molecule has 0 spiro atoms. The van der Waals surface area contributed by atoms with E-state index in [0.29, 0.717) is 29.2 Å². The molecule has 2 rings (SSSR count). The van der Waals surface area contributed by atoms with Crippen molar-refractivity contribution in [1.29, 1.82) is 0 Å². The highest BCUT2D eigenvalue weighted by Crippen LogP contribution is 2.22. The van der Waals surface area contributed by atoms with Crippen LogP contribution in [-0.4, -0.2) is 17.4 Å². The molecule has 0 bridgehead atoms. The third-order valence-corrected chi connectivity index (χ3v) is 3.20. The Morgan fingerprint density at radius 1 is 1.35 bits per heavy atom. The zero-order valence-electron chi connectivity index (χ0n) is 11.1. The molecule has 0 aliphatic carbocycles. The van der Waals surface area contributed by atoms with Crippen LogP contribution in [0, 0.1) is 0 Å². The van der Waals surface area contributed by atoms with Crippen LogP contribution in [0.1, 0.15) is 29.3 Å². The van der Waals surface area contributed by atoms with Crippen LogP contribution in [0.15, 0.2) is 41.1 Å². The van der Waals surface area contributed by atoms with Crippen molar-refractivity contribution in [3.63, 3.8) is 0 Å². The first-order chi connectivity index (χ1) is 9.61. The van der Waals surface area contributed by atoms with Crippen molar-refractivity contribution in [2.24, 2.45) is 0 Å². The van der Waals surface area contributed by atoms with Crippen LogP contribution in [0.4, 0.5) is 5.69 Å². The van der Waals surface area contributed by atoms with Crippen molar-refractivity contribution in [2.75, 3.05) is 12.3 Å². The largest absolute Gasteiger partial charge is 0.492 e. The van der Waals surface area contributed by atoms with E-state index in [9.17, 15) is 4.79 Å². The van der Waals surface area contributed by atoms with Gasteiger partial charge in [-0.15, -0.1) is 0 Å². The minimum atomic E-state index is -0.168. The summed E-state index contributed by atoms with van der Waals surface area (Å²) in [7, 11) is 0. The summed E-state index contributed by atoms with van der Waals surface area (Å²) in [5.41, 5.74) is 7.21. The fraction of sp³-hybridized carbons (Fsp3) is 0.200. The number of nitrogen functional groups attached to an aromatic ring is 1. The Labute approximate surface area is 126 Å². The SMILES string of the molecule is CCCOc1cncc(C(=O)c2cc(Br)ccc2N)c1. The van der Waals surface area contributed by atoms with Gasteiger partial charge < -0.3 is 10.5 Å². The molecule has 0 saturated heterocycles. The van der Waals surface area contributed by atoms with Gasteiger partial charge in [-0.25, -0.2) is 0 Å². The number of ketones is 1. The summed E-state index contributed by atoms with van der Waals surface area (Å²) < 4.78 is 6.29. The number of anilines is 1. The van der Waals surface area contributed by atoms with E-state index in [-0.39, 0.29) is 5.78 Å². The van der Waals surface area contributed by atoms with Gasteiger partial charge in [0.05, 0.1) is 12.8 Å². The van der Waals surface area contributed by atoms with Gasteiger partial charge in [0.15, 0.2) is 5.78 Å². The number of nitrogens with zero attached hydrogens (tertiary/aromatic N) is 1. The van der Waals surface area contributed by atoms with Gasteiger partial charge in [0, 0.05) is 27.5 Å². The third-order valence-electron chi connectivity index (χ3n) is 2.71. The highest BCUT2D eigenvalue weighted by molar-refractivity contribution is 9.10. The predicted octanol–water partition coefficient (Wildman–Crippen LogP) is 3.45. The van der Waals surface area contributed by atoms with Gasteiger partial charge in [-0.05, 0) is 30.7 Å². The molecule has 0 fully saturated rings. The monoisotopic (exact) mass is 334 g/mol. The molecule has 5 heteroatoms. The number of carbonyl (C=O) groups excluding carboxylic acids is 1. The molecule has 0 unspecified atom stereocenters. The zero-order chi connectivity index (χ0) is 14.5. The van der Waals surface area contributed by atoms with Crippen molar-refractivity contribution in [2.45, 2.75) is 13.3 Å². The molecule has 0 saturated carbocycles. The Morgan fingerprint density at radius 2 is 2.15 bits per heavy atom. The summed E-state index contributed by atoms with van der Waals surface area (Å²) in [4.78, 5) is 16.5. The highest BCUT2D eigenvalue weighted by Gasteiger charge is 2.14. The molecule has 0 atom stereocenters. The topological polar surface area (TPSA) is 65.2 Å². The number of hydrogen-bond donors (Lipinski definition) is 1. The number of ether oxygens (including phenoxy) is 1. The minimum Gasteiger partial charge on any atom is -0.492 e. The first kappa shape index (κ1) is 14.5. The fourth-order valence-electron chi connectivity index (χ4n) is 1.72. The van der Waals surface area contributed by atoms with Crippen LogP contribution in [0.5, 0.6) is 5.75 Å². The summed E-state index contributed by atoms with van der Waals surface area (Å²) >= 11 is 3.34. The lowest BCUT2D eigenvalue weighted by Crippen LogP contribution is -2.06. The van der Waals surface area contributed by atoms with Gasteiger partial charge in [-0.2, -0.15) is 0 Å². The van der Waals surface area contributed by atoms with Gasteiger partial charge in [0.2, 0.25) is 0 Å². The maximum absolute atomic E-state index is 12.4. The molecule has 0 amide bonds. The van der Waals surface area contributed by atoms with E-state index < -0.39 is 0 Å². The summed E-state index contributed by atoms with van der Waals surface area (Å²) in [5, 5.41) is 0. The molecule has 1 aromatic carbocycles. The lowest BCUT2D eigenvalue weighted by molar-refractivity contribution is 0.103. The van der Waals surface area contributed by atoms with Crippen molar-refractivity contribution in [3.05, 3.63) is 52.3 Å². The van der Waals surface area contributed by atoms with E-state index in [4.69, 9.17) is 10.5 Å². The lowest BCUT2D eigenvalue weighted by Gasteiger charge is -2.08. The van der Waals surface area contributed by atoms with E-state index >= 15 is 0 Å². The summed E-state index contributed by atoms with van der Waals surface area (Å²) in [6, 6.07) is 6.88. The molecule has 4 nitrogen and oxygen atoms in total. The number of aromatic nitrogens is 1. The smallest absolute Gasteiger partial charge is 0.196 e. The molecule has 1 aromatic heterocycles. The third kappa shape index (κ3) is 3.36. The van der Waals surface area contributed by atoms with E-state index in [0.717, 1.165) is 10.9 Å². The molecular formula is C15H15BrN2O2. The molecule has 1 heterocycles. The van der Waals surface area contributed by atoms with Crippen LogP contribution in [0.3, 0.4) is 0 Å². The number of hydrogen-bond acceptors (Lipinski definition) is 4. The van der Waals surface area contributed by atoms with Crippen molar-refractivity contribution in [3.8, 4) is 5.75 Å². The number of halogens is 1. The molecule has 0 aliphatic heterocycles. The van der Waals surface area contributed by atoms with Crippen molar-refractivity contribution in [1.82, 2.24) is 4.98 Å². The van der Waals surface area contributed by atoms with Crippen molar-refractivity contribution < 1.29 is 9.53 Å². The second kappa shape index (κ2) is 6.52. The quantitative estimate of drug-likeness (QED) is 0.671. The number of pyridine rings is 1. The van der Waals surface area contributed by atoms with Gasteiger partial charge in [-0.3, -0.25) is 9.78 Å². The zero-order valence-corrected chi connectivity index (χ0v) is 12.7. The van der Waals surface area contributed by atoms with E-state index in [2.05, 4.69) is 20.9 Å². The molecule has 0 radical (unpaired) electrons. The Bertz CT molecular complexity index is 629. The van der Waals surface area contributed by atoms with Gasteiger partial charge in [-0.1, -0.05) is 22.9 Å². The van der Waals surface area contributed by atoms with Gasteiger partial charge >= 0.3 is 0 Å². The highest BCUT2D eigenvalue weighted by atomic mass is 79.9. The van der Waals surface area contributed by atoms with Gasteiger partial charge in [0.1, 0.15) is 5.75 Å². The Morgan fingerprint density at radius 3 is 2.90 bits per heavy atom. The standard InChI is InChI=1S/C15H15BrN2O2/c1-2-5-20-12-6-10(8-18-9-12)15(19)13-7-11(16)3-4-14(13)17/h3-4,6-9H,2,5,17H2,1H3. The molecule has 2 aromatic rings. The Balaban J connectivity index is 2.31. The predicted molar refractivity (Wildman–Crippen MR) is 82.0 cm³/mol. The summed E-state index contributed by atoms with van der Waals surface area (Å²) in [5.74, 6) is 0.421. The average Bonchev–Trinajstić information content (AvgIpc) is 2.47. The van der Waals surface area contributed by atoms with E-state index in [1.807, 2.05) is 6.92 Å². The van der Waals surface area contributed by atoms with E-state index in [1.165, 1.54) is 6.20 Å². The maximum Gasteiger partial charge on any atom is 0.196 e. The van der Waals surface area contributed by atoms with Crippen LogP contribution >= 0.6 is 15.9 Å². The molecule has 20 heavy (non-hydrogen) atoms. The molecule has 104 valence electrons. The average molecular weight is 335 g/mol. The molecule has 0 aliphatic rings. The maximum atomic E-state index is 12.4.